The standard InChI is InChI=1S/C11H14O/c1-11(12)5-4-9-7-2-3-8(6-7)10(9)11/h2-5,7-10,12H,6H2,1H3. The van der Waals surface area contributed by atoms with E-state index in [0.717, 1.165) is 5.92 Å². The van der Waals surface area contributed by atoms with Crippen LogP contribution < -0.4 is 0 Å². The van der Waals surface area contributed by atoms with E-state index < -0.39 is 5.60 Å². The predicted molar refractivity (Wildman–Crippen MR) is 47.5 cm³/mol. The van der Waals surface area contributed by atoms with E-state index in [2.05, 4.69) is 18.2 Å². The van der Waals surface area contributed by atoms with Crippen LogP contribution in [0.3, 0.4) is 0 Å². The first-order valence-corrected chi connectivity index (χ1v) is 4.78. The molecular formula is C11H14O. The van der Waals surface area contributed by atoms with E-state index in [9.17, 15) is 5.11 Å². The first kappa shape index (κ1) is 6.90. The fourth-order valence-corrected chi connectivity index (χ4v) is 3.36. The molecule has 0 spiro atoms. The maximum Gasteiger partial charge on any atom is 0.0839 e. The highest BCUT2D eigenvalue weighted by Gasteiger charge is 2.53. The highest BCUT2D eigenvalue weighted by molar-refractivity contribution is 5.28. The van der Waals surface area contributed by atoms with Gasteiger partial charge in [0, 0.05) is 5.92 Å². The van der Waals surface area contributed by atoms with Gasteiger partial charge in [-0.1, -0.05) is 24.3 Å². The lowest BCUT2D eigenvalue weighted by Gasteiger charge is -2.30. The van der Waals surface area contributed by atoms with Gasteiger partial charge in [-0.3, -0.25) is 0 Å². The zero-order valence-electron chi connectivity index (χ0n) is 7.27. The van der Waals surface area contributed by atoms with Crippen molar-refractivity contribution >= 4 is 0 Å². The Bertz CT molecular complexity index is 275. The van der Waals surface area contributed by atoms with Crippen molar-refractivity contribution < 1.29 is 5.11 Å². The van der Waals surface area contributed by atoms with Gasteiger partial charge in [-0.25, -0.2) is 0 Å². The first-order chi connectivity index (χ1) is 5.68. The molecule has 0 radical (unpaired) electrons. The van der Waals surface area contributed by atoms with Crippen molar-refractivity contribution in [3.8, 4) is 0 Å². The summed E-state index contributed by atoms with van der Waals surface area (Å²) >= 11 is 0. The van der Waals surface area contributed by atoms with Crippen LogP contribution in [0.2, 0.25) is 0 Å². The molecule has 0 aromatic heterocycles. The molecule has 3 aliphatic rings. The monoisotopic (exact) mass is 162 g/mol. The Labute approximate surface area is 72.8 Å². The van der Waals surface area contributed by atoms with Gasteiger partial charge in [0.15, 0.2) is 0 Å². The minimum atomic E-state index is -0.533. The van der Waals surface area contributed by atoms with Gasteiger partial charge in [-0.2, -0.15) is 0 Å². The molecule has 1 heteroatoms. The van der Waals surface area contributed by atoms with Crippen LogP contribution in [0.15, 0.2) is 24.3 Å². The van der Waals surface area contributed by atoms with Crippen LogP contribution in [-0.2, 0) is 0 Å². The highest BCUT2D eigenvalue weighted by Crippen LogP contribution is 2.55. The minimum Gasteiger partial charge on any atom is -0.386 e. The van der Waals surface area contributed by atoms with E-state index in [4.69, 9.17) is 0 Å². The van der Waals surface area contributed by atoms with Crippen LogP contribution in [0, 0.1) is 23.7 Å². The summed E-state index contributed by atoms with van der Waals surface area (Å²) in [6.07, 6.45) is 10.1. The third-order valence-electron chi connectivity index (χ3n) is 3.85. The second kappa shape index (κ2) is 1.85. The molecule has 0 saturated heterocycles. The Balaban J connectivity index is 2.04. The normalized spacial score (nSPS) is 59.8. The molecule has 3 rings (SSSR count). The van der Waals surface area contributed by atoms with Crippen molar-refractivity contribution in [3.63, 3.8) is 0 Å². The molecule has 12 heavy (non-hydrogen) atoms. The average molecular weight is 162 g/mol. The van der Waals surface area contributed by atoms with Crippen molar-refractivity contribution in [1.82, 2.24) is 0 Å². The van der Waals surface area contributed by atoms with Gasteiger partial charge < -0.3 is 5.11 Å². The van der Waals surface area contributed by atoms with Gasteiger partial charge in [0.2, 0.25) is 0 Å². The molecule has 0 heterocycles. The molecule has 0 amide bonds. The Morgan fingerprint density at radius 3 is 2.75 bits per heavy atom. The summed E-state index contributed by atoms with van der Waals surface area (Å²) in [7, 11) is 0. The summed E-state index contributed by atoms with van der Waals surface area (Å²) in [5, 5.41) is 10.1. The molecule has 0 aromatic rings. The molecule has 0 aromatic carbocycles. The van der Waals surface area contributed by atoms with Gasteiger partial charge in [0.1, 0.15) is 0 Å². The van der Waals surface area contributed by atoms with Crippen LogP contribution in [0.1, 0.15) is 13.3 Å². The molecule has 1 saturated carbocycles. The summed E-state index contributed by atoms with van der Waals surface area (Å²) in [6, 6.07) is 0. The lowest BCUT2D eigenvalue weighted by Crippen LogP contribution is -2.34. The van der Waals surface area contributed by atoms with E-state index in [1.54, 1.807) is 0 Å². The van der Waals surface area contributed by atoms with Crippen molar-refractivity contribution in [1.29, 1.82) is 0 Å². The zero-order chi connectivity index (χ0) is 8.34. The van der Waals surface area contributed by atoms with E-state index >= 15 is 0 Å². The van der Waals surface area contributed by atoms with Crippen molar-refractivity contribution in [3.05, 3.63) is 24.3 Å². The van der Waals surface area contributed by atoms with Crippen LogP contribution in [0.5, 0.6) is 0 Å². The van der Waals surface area contributed by atoms with Crippen LogP contribution in [-0.4, -0.2) is 10.7 Å². The lowest BCUT2D eigenvalue weighted by molar-refractivity contribution is 0.0327. The smallest absolute Gasteiger partial charge is 0.0839 e. The average Bonchev–Trinajstić information content (AvgIpc) is 2.61. The van der Waals surface area contributed by atoms with Gasteiger partial charge in [0.25, 0.3) is 0 Å². The van der Waals surface area contributed by atoms with Crippen LogP contribution in [0.4, 0.5) is 0 Å². The maximum atomic E-state index is 10.1. The molecule has 3 aliphatic carbocycles. The van der Waals surface area contributed by atoms with Crippen molar-refractivity contribution in [2.24, 2.45) is 23.7 Å². The number of fused-ring (bicyclic) bond motifs is 5. The largest absolute Gasteiger partial charge is 0.386 e. The fraction of sp³-hybridized carbons (Fsp3) is 0.636. The highest BCUT2D eigenvalue weighted by atomic mass is 16.3. The van der Waals surface area contributed by atoms with E-state index in [1.807, 2.05) is 13.0 Å². The number of allylic oxidation sites excluding steroid dienone is 3. The Morgan fingerprint density at radius 2 is 2.00 bits per heavy atom. The predicted octanol–water partition coefficient (Wildman–Crippen LogP) is 1.75. The molecule has 0 aliphatic heterocycles. The molecule has 64 valence electrons. The van der Waals surface area contributed by atoms with Crippen LogP contribution in [0.25, 0.3) is 0 Å². The van der Waals surface area contributed by atoms with E-state index in [0.29, 0.717) is 17.8 Å². The van der Waals surface area contributed by atoms with Gasteiger partial charge in [0.05, 0.1) is 5.60 Å². The Morgan fingerprint density at radius 1 is 1.25 bits per heavy atom. The number of aliphatic hydroxyl groups is 1. The van der Waals surface area contributed by atoms with Gasteiger partial charge >= 0.3 is 0 Å². The summed E-state index contributed by atoms with van der Waals surface area (Å²) in [6.45, 7) is 1.95. The summed E-state index contributed by atoms with van der Waals surface area (Å²) in [4.78, 5) is 0. The molecular weight excluding hydrogens is 148 g/mol. The molecule has 5 atom stereocenters. The molecule has 1 N–H and O–H groups in total. The van der Waals surface area contributed by atoms with Gasteiger partial charge in [-0.15, -0.1) is 0 Å². The second-order valence-electron chi connectivity index (χ2n) is 4.64. The van der Waals surface area contributed by atoms with Crippen molar-refractivity contribution in [2.45, 2.75) is 18.9 Å². The molecule has 1 fully saturated rings. The quantitative estimate of drug-likeness (QED) is 0.538. The number of hydrogen-bond donors (Lipinski definition) is 1. The molecule has 1 nitrogen and oxygen atoms in total. The molecule has 2 bridgehead atoms. The molecule has 5 unspecified atom stereocenters. The fourth-order valence-electron chi connectivity index (χ4n) is 3.36. The van der Waals surface area contributed by atoms with Crippen molar-refractivity contribution in [2.75, 3.05) is 0 Å². The van der Waals surface area contributed by atoms with Crippen LogP contribution >= 0.6 is 0 Å². The number of rotatable bonds is 0. The summed E-state index contributed by atoms with van der Waals surface area (Å²) < 4.78 is 0. The second-order valence-corrected chi connectivity index (χ2v) is 4.64. The SMILES string of the molecule is CC1(O)C=CC2C3C=CC(C3)C21. The van der Waals surface area contributed by atoms with Gasteiger partial charge in [-0.05, 0) is 31.1 Å². The summed E-state index contributed by atoms with van der Waals surface area (Å²) in [5.41, 5.74) is -0.533. The Hall–Kier alpha value is -0.560. The third kappa shape index (κ3) is 0.639. The maximum absolute atomic E-state index is 10.1. The number of hydrogen-bond acceptors (Lipinski definition) is 1. The zero-order valence-corrected chi connectivity index (χ0v) is 7.27. The minimum absolute atomic E-state index is 0.479. The first-order valence-electron chi connectivity index (χ1n) is 4.78. The van der Waals surface area contributed by atoms with E-state index in [1.165, 1.54) is 6.42 Å². The summed E-state index contributed by atoms with van der Waals surface area (Å²) in [5.74, 6) is 2.48. The lowest BCUT2D eigenvalue weighted by atomic mass is 9.78. The third-order valence-corrected chi connectivity index (χ3v) is 3.85. The Kier molecular flexibility index (Phi) is 1.06. The topological polar surface area (TPSA) is 20.2 Å². The van der Waals surface area contributed by atoms with E-state index in [-0.39, 0.29) is 0 Å².